The second-order valence-electron chi connectivity index (χ2n) is 10.4. The molecule has 210 valence electrons. The lowest BCUT2D eigenvalue weighted by molar-refractivity contribution is -0.141. The number of benzene rings is 2. The Hall–Kier alpha value is -3.08. The summed E-state index contributed by atoms with van der Waals surface area (Å²) < 4.78 is 65.2. The van der Waals surface area contributed by atoms with Crippen LogP contribution in [0.5, 0.6) is 0 Å². The van der Waals surface area contributed by atoms with Crippen LogP contribution in [0.15, 0.2) is 48.5 Å². The van der Waals surface area contributed by atoms with Crippen molar-refractivity contribution >= 4 is 27.5 Å². The van der Waals surface area contributed by atoms with E-state index in [-0.39, 0.29) is 43.4 Å². The Morgan fingerprint density at radius 1 is 1.03 bits per heavy atom. The Morgan fingerprint density at radius 3 is 2.21 bits per heavy atom. The van der Waals surface area contributed by atoms with Crippen LogP contribution in [-0.4, -0.2) is 49.5 Å². The fourth-order valence-corrected chi connectivity index (χ4v) is 4.83. The first kappa shape index (κ1) is 31.1. The van der Waals surface area contributed by atoms with Gasteiger partial charge in [-0.2, -0.15) is 13.2 Å². The largest absolute Gasteiger partial charge is 0.416 e. The van der Waals surface area contributed by atoms with E-state index < -0.39 is 33.3 Å². The first-order valence-electron chi connectivity index (χ1n) is 12.2. The number of halogens is 3. The van der Waals surface area contributed by atoms with Crippen LogP contribution in [0.1, 0.15) is 57.2 Å². The topological polar surface area (TPSA) is 86.8 Å². The van der Waals surface area contributed by atoms with E-state index >= 15 is 0 Å². The predicted molar refractivity (Wildman–Crippen MR) is 142 cm³/mol. The second kappa shape index (κ2) is 12.2. The summed E-state index contributed by atoms with van der Waals surface area (Å²) in [4.78, 5) is 27.7. The van der Waals surface area contributed by atoms with Crippen LogP contribution in [0, 0.1) is 6.92 Å². The number of alkyl halides is 3. The molecule has 2 aromatic carbocycles. The lowest BCUT2D eigenvalue weighted by Crippen LogP contribution is -2.52. The summed E-state index contributed by atoms with van der Waals surface area (Å²) in [5.74, 6) is -0.705. The highest BCUT2D eigenvalue weighted by Gasteiger charge is 2.32. The zero-order valence-corrected chi connectivity index (χ0v) is 23.4. The summed E-state index contributed by atoms with van der Waals surface area (Å²) in [7, 11) is -3.93. The van der Waals surface area contributed by atoms with Gasteiger partial charge in [0.25, 0.3) is 0 Å². The zero-order valence-electron chi connectivity index (χ0n) is 22.6. The Morgan fingerprint density at radius 2 is 1.66 bits per heavy atom. The van der Waals surface area contributed by atoms with Crippen LogP contribution >= 0.6 is 0 Å². The standard InChI is InChI=1S/C27H36F3N3O4S/c1-19-11-7-8-12-21(19)18-32(20(2)25(35)31-26(3,4)5)24(34)15-10-16-33(38(6,36)37)23-14-9-13-22(17-23)27(28,29)30/h7-9,11-14,17,20H,10,15-16,18H2,1-6H3,(H,31,35)/t20-/m0/s1. The van der Waals surface area contributed by atoms with E-state index in [1.165, 1.54) is 11.0 Å². The van der Waals surface area contributed by atoms with Crippen LogP contribution in [0.25, 0.3) is 0 Å². The number of hydrogen-bond acceptors (Lipinski definition) is 4. The summed E-state index contributed by atoms with van der Waals surface area (Å²) in [6, 6.07) is 10.7. The minimum atomic E-state index is -4.63. The lowest BCUT2D eigenvalue weighted by atomic mass is 10.1. The van der Waals surface area contributed by atoms with E-state index in [9.17, 15) is 31.2 Å². The molecule has 0 heterocycles. The molecule has 0 bridgehead atoms. The minimum absolute atomic E-state index is 0.0417. The SMILES string of the molecule is Cc1ccccc1CN(C(=O)CCCN(c1cccc(C(F)(F)F)c1)S(C)(=O)=O)[C@@H](C)C(=O)NC(C)(C)C. The van der Waals surface area contributed by atoms with Crippen LogP contribution in [-0.2, 0) is 32.3 Å². The highest BCUT2D eigenvalue weighted by atomic mass is 32.2. The Bertz CT molecular complexity index is 1240. The van der Waals surface area contributed by atoms with Crippen LogP contribution in [0.3, 0.4) is 0 Å². The molecule has 0 spiro atoms. The van der Waals surface area contributed by atoms with E-state index in [0.29, 0.717) is 0 Å². The van der Waals surface area contributed by atoms with Gasteiger partial charge in [0.05, 0.1) is 17.5 Å². The van der Waals surface area contributed by atoms with Crippen molar-refractivity contribution in [1.82, 2.24) is 10.2 Å². The Balaban J connectivity index is 2.25. The third kappa shape index (κ3) is 9.04. The maximum Gasteiger partial charge on any atom is 0.416 e. The number of amides is 2. The maximum absolute atomic E-state index is 13.4. The molecule has 7 nitrogen and oxygen atoms in total. The predicted octanol–water partition coefficient (Wildman–Crippen LogP) is 4.89. The van der Waals surface area contributed by atoms with E-state index in [0.717, 1.165) is 39.9 Å². The van der Waals surface area contributed by atoms with Gasteiger partial charge in [0.1, 0.15) is 6.04 Å². The molecule has 0 saturated carbocycles. The number of rotatable bonds is 10. The maximum atomic E-state index is 13.4. The monoisotopic (exact) mass is 555 g/mol. The minimum Gasteiger partial charge on any atom is -0.350 e. The van der Waals surface area contributed by atoms with Gasteiger partial charge in [0.15, 0.2) is 0 Å². The molecule has 0 fully saturated rings. The fraction of sp³-hybridized carbons (Fsp3) is 0.481. The van der Waals surface area contributed by atoms with Crippen molar-refractivity contribution in [2.45, 2.75) is 71.8 Å². The molecule has 0 aliphatic rings. The average molecular weight is 556 g/mol. The molecule has 0 aromatic heterocycles. The summed E-state index contributed by atoms with van der Waals surface area (Å²) in [5, 5.41) is 2.88. The van der Waals surface area contributed by atoms with Crippen molar-refractivity contribution in [3.63, 3.8) is 0 Å². The molecule has 1 N–H and O–H groups in total. The van der Waals surface area contributed by atoms with Gasteiger partial charge in [-0.15, -0.1) is 0 Å². The molecule has 11 heteroatoms. The number of carbonyl (C=O) groups is 2. The summed E-state index contributed by atoms with van der Waals surface area (Å²) >= 11 is 0. The van der Waals surface area contributed by atoms with Crippen LogP contribution in [0.4, 0.5) is 18.9 Å². The molecule has 2 amide bonds. The van der Waals surface area contributed by atoms with Gasteiger partial charge in [-0.05, 0) is 70.4 Å². The number of aryl methyl sites for hydroxylation is 1. The van der Waals surface area contributed by atoms with E-state index in [2.05, 4.69) is 5.32 Å². The lowest BCUT2D eigenvalue weighted by Gasteiger charge is -2.32. The molecule has 0 aliphatic heterocycles. The van der Waals surface area contributed by atoms with Crippen molar-refractivity contribution in [3.8, 4) is 0 Å². The summed E-state index contributed by atoms with van der Waals surface area (Å²) in [6.45, 7) is 9.00. The van der Waals surface area contributed by atoms with Gasteiger partial charge in [-0.3, -0.25) is 13.9 Å². The van der Waals surface area contributed by atoms with Crippen molar-refractivity contribution in [2.75, 3.05) is 17.1 Å². The van der Waals surface area contributed by atoms with E-state index in [1.807, 2.05) is 52.0 Å². The molecule has 0 aliphatic carbocycles. The van der Waals surface area contributed by atoms with Gasteiger partial charge in [-0.1, -0.05) is 30.3 Å². The number of hydrogen-bond donors (Lipinski definition) is 1. The van der Waals surface area contributed by atoms with E-state index in [1.54, 1.807) is 6.92 Å². The van der Waals surface area contributed by atoms with Crippen molar-refractivity contribution in [2.24, 2.45) is 0 Å². The Kier molecular flexibility index (Phi) is 9.99. The molecular formula is C27H36F3N3O4S. The van der Waals surface area contributed by atoms with Crippen LogP contribution < -0.4 is 9.62 Å². The van der Waals surface area contributed by atoms with Crippen molar-refractivity contribution in [1.29, 1.82) is 0 Å². The third-order valence-corrected chi connectivity index (χ3v) is 7.08. The second-order valence-corrected chi connectivity index (χ2v) is 12.3. The third-order valence-electron chi connectivity index (χ3n) is 5.88. The van der Waals surface area contributed by atoms with Crippen molar-refractivity contribution in [3.05, 3.63) is 65.2 Å². The molecule has 0 radical (unpaired) electrons. The summed E-state index contributed by atoms with van der Waals surface area (Å²) in [6.07, 6.45) is -3.79. The van der Waals surface area contributed by atoms with Gasteiger partial charge in [0, 0.05) is 25.0 Å². The Labute approximate surface area is 223 Å². The number of nitrogens with one attached hydrogen (secondary N) is 1. The molecule has 2 rings (SSSR count). The van der Waals surface area contributed by atoms with Crippen molar-refractivity contribution < 1.29 is 31.2 Å². The van der Waals surface area contributed by atoms with Crippen LogP contribution in [0.2, 0.25) is 0 Å². The molecule has 0 unspecified atom stereocenters. The molecule has 0 saturated heterocycles. The molecular weight excluding hydrogens is 519 g/mol. The normalized spacial score (nSPS) is 13.1. The van der Waals surface area contributed by atoms with E-state index in [4.69, 9.17) is 0 Å². The van der Waals surface area contributed by atoms with Gasteiger partial charge in [-0.25, -0.2) is 8.42 Å². The smallest absolute Gasteiger partial charge is 0.350 e. The quantitative estimate of drug-likeness (QED) is 0.452. The molecule has 1 atom stereocenters. The number of carbonyl (C=O) groups excluding carboxylic acids is 2. The number of nitrogens with zero attached hydrogens (tertiary/aromatic N) is 2. The number of sulfonamides is 1. The first-order valence-corrected chi connectivity index (χ1v) is 14.1. The molecule has 38 heavy (non-hydrogen) atoms. The fourth-order valence-electron chi connectivity index (χ4n) is 3.87. The highest BCUT2D eigenvalue weighted by Crippen LogP contribution is 2.32. The highest BCUT2D eigenvalue weighted by molar-refractivity contribution is 7.92. The first-order chi connectivity index (χ1) is 17.4. The molecule has 2 aromatic rings. The average Bonchev–Trinajstić information content (AvgIpc) is 2.78. The number of anilines is 1. The van der Waals surface area contributed by atoms with Gasteiger partial charge < -0.3 is 10.2 Å². The summed E-state index contributed by atoms with van der Waals surface area (Å²) in [5.41, 5.74) is 0.190. The van der Waals surface area contributed by atoms with Gasteiger partial charge >= 0.3 is 6.18 Å². The van der Waals surface area contributed by atoms with Gasteiger partial charge in [0.2, 0.25) is 21.8 Å². The zero-order chi connectivity index (χ0) is 28.9.